The summed E-state index contributed by atoms with van der Waals surface area (Å²) >= 11 is 12.3. The number of carbonyl (C=O) groups is 1. The van der Waals surface area contributed by atoms with Gasteiger partial charge in [-0.3, -0.25) is 9.69 Å². The van der Waals surface area contributed by atoms with Crippen molar-refractivity contribution in [3.8, 4) is 0 Å². The van der Waals surface area contributed by atoms with E-state index in [0.717, 1.165) is 17.2 Å². The third-order valence-electron chi connectivity index (χ3n) is 7.25. The highest BCUT2D eigenvalue weighted by atomic mass is 35.5. The number of likely N-dealkylation sites (tertiary alicyclic amines) is 1. The molecule has 0 spiro atoms. The first-order valence-corrected chi connectivity index (χ1v) is 12.6. The number of hydrogen-bond donors (Lipinski definition) is 0. The first-order chi connectivity index (χ1) is 17.2. The Bertz CT molecular complexity index is 1180. The van der Waals surface area contributed by atoms with Gasteiger partial charge >= 0.3 is 0 Å². The van der Waals surface area contributed by atoms with Gasteiger partial charge in [0.2, 0.25) is 5.91 Å². The predicted molar refractivity (Wildman–Crippen MR) is 136 cm³/mol. The van der Waals surface area contributed by atoms with Gasteiger partial charge in [-0.25, -0.2) is 8.78 Å². The summed E-state index contributed by atoms with van der Waals surface area (Å²) in [5.41, 5.74) is 1.56. The average Bonchev–Trinajstić information content (AvgIpc) is 2.82. The third kappa shape index (κ3) is 4.88. The van der Waals surface area contributed by atoms with Crippen LogP contribution in [0.25, 0.3) is 0 Å². The molecule has 1 unspecified atom stereocenters. The van der Waals surface area contributed by atoms with E-state index in [1.165, 1.54) is 19.1 Å². The van der Waals surface area contributed by atoms with Gasteiger partial charge in [-0.05, 0) is 53.1 Å². The fourth-order valence-electron chi connectivity index (χ4n) is 5.39. The van der Waals surface area contributed by atoms with E-state index in [1.807, 2.05) is 48.5 Å². The van der Waals surface area contributed by atoms with E-state index in [1.54, 1.807) is 4.90 Å². The standard InChI is InChI=1S/C28H26Cl2F2N2O2/c1-18(35)33-10-11-36-28(17-33,21-12-25(31)14-26(32)13-21)22-15-34(16-22)27(19-2-6-23(29)7-3-19)20-4-8-24(30)9-5-20/h2-9,12-14,22,27H,10-11,15-17H2,1H3. The fraction of sp³-hybridized carbons (Fsp3) is 0.321. The second-order valence-corrected chi connectivity index (χ2v) is 10.4. The SMILES string of the molecule is CC(=O)N1CCOC(c2cc(F)cc(F)c2)(C2CN(C(c3ccc(Cl)cc3)c3ccc(Cl)cc3)C2)C1. The van der Waals surface area contributed by atoms with Crippen LogP contribution in [0.2, 0.25) is 10.0 Å². The summed E-state index contributed by atoms with van der Waals surface area (Å²) in [7, 11) is 0. The van der Waals surface area contributed by atoms with Gasteiger partial charge in [-0.2, -0.15) is 0 Å². The smallest absolute Gasteiger partial charge is 0.219 e. The van der Waals surface area contributed by atoms with Gasteiger partial charge in [0.05, 0.1) is 19.2 Å². The molecule has 188 valence electrons. The van der Waals surface area contributed by atoms with Crippen molar-refractivity contribution in [2.75, 3.05) is 32.8 Å². The van der Waals surface area contributed by atoms with E-state index in [4.69, 9.17) is 27.9 Å². The Morgan fingerprint density at radius 2 is 1.47 bits per heavy atom. The quantitative estimate of drug-likeness (QED) is 0.401. The molecule has 1 amide bonds. The molecule has 2 saturated heterocycles. The normalized spacial score (nSPS) is 21.0. The van der Waals surface area contributed by atoms with Crippen LogP contribution in [-0.4, -0.2) is 48.5 Å². The molecule has 0 N–H and O–H groups in total. The molecule has 4 nitrogen and oxygen atoms in total. The molecule has 0 aliphatic carbocycles. The molecular formula is C28H26Cl2F2N2O2. The minimum atomic E-state index is -1.01. The van der Waals surface area contributed by atoms with Crippen LogP contribution in [0.3, 0.4) is 0 Å². The van der Waals surface area contributed by atoms with Crippen molar-refractivity contribution in [2.24, 2.45) is 5.92 Å². The third-order valence-corrected chi connectivity index (χ3v) is 7.75. The van der Waals surface area contributed by atoms with E-state index >= 15 is 0 Å². The maximum atomic E-state index is 14.3. The number of halogens is 4. The summed E-state index contributed by atoms with van der Waals surface area (Å²) in [5.74, 6) is -1.49. The Morgan fingerprint density at radius 3 is 1.97 bits per heavy atom. The summed E-state index contributed by atoms with van der Waals surface area (Å²) in [6.45, 7) is 3.72. The maximum absolute atomic E-state index is 14.3. The largest absolute Gasteiger partial charge is 0.366 e. The first-order valence-electron chi connectivity index (χ1n) is 11.9. The lowest BCUT2D eigenvalue weighted by Crippen LogP contribution is -2.64. The highest BCUT2D eigenvalue weighted by Gasteiger charge is 2.52. The molecule has 1 atom stereocenters. The lowest BCUT2D eigenvalue weighted by atomic mass is 9.74. The average molecular weight is 531 g/mol. The number of nitrogens with zero attached hydrogens (tertiary/aromatic N) is 2. The van der Waals surface area contributed by atoms with Gasteiger partial charge in [0.25, 0.3) is 0 Å². The molecule has 2 aliphatic heterocycles. The van der Waals surface area contributed by atoms with E-state index in [9.17, 15) is 13.6 Å². The summed E-state index contributed by atoms with van der Waals surface area (Å²) in [4.78, 5) is 16.3. The molecule has 8 heteroatoms. The number of morpholine rings is 1. The highest BCUT2D eigenvalue weighted by molar-refractivity contribution is 6.30. The number of rotatable bonds is 5. The Morgan fingerprint density at radius 1 is 0.944 bits per heavy atom. The summed E-state index contributed by atoms with van der Waals surface area (Å²) < 4.78 is 34.9. The molecule has 0 bridgehead atoms. The first kappa shape index (κ1) is 25.2. The van der Waals surface area contributed by atoms with Gasteiger partial charge in [-0.1, -0.05) is 47.5 Å². The van der Waals surface area contributed by atoms with Crippen molar-refractivity contribution >= 4 is 29.1 Å². The van der Waals surface area contributed by atoms with Crippen molar-refractivity contribution in [3.05, 3.63) is 105 Å². The second-order valence-electron chi connectivity index (χ2n) is 9.49. The van der Waals surface area contributed by atoms with Crippen LogP contribution < -0.4 is 0 Å². The Hall–Kier alpha value is -2.51. The minimum Gasteiger partial charge on any atom is -0.366 e. The summed E-state index contributed by atoms with van der Waals surface area (Å²) in [6.07, 6.45) is 0. The molecule has 5 rings (SSSR count). The molecule has 3 aromatic carbocycles. The number of benzene rings is 3. The Labute approximate surface area is 219 Å². The predicted octanol–water partition coefficient (Wildman–Crippen LogP) is 6.07. The molecule has 3 aromatic rings. The van der Waals surface area contributed by atoms with Crippen molar-refractivity contribution in [1.29, 1.82) is 0 Å². The molecule has 0 radical (unpaired) electrons. The minimum absolute atomic E-state index is 0.0652. The number of amides is 1. The van der Waals surface area contributed by atoms with Crippen LogP contribution in [0.5, 0.6) is 0 Å². The molecule has 2 fully saturated rings. The Kier molecular flexibility index (Phi) is 7.05. The molecular weight excluding hydrogens is 505 g/mol. The van der Waals surface area contributed by atoms with Crippen LogP contribution in [0.1, 0.15) is 29.7 Å². The van der Waals surface area contributed by atoms with Gasteiger partial charge < -0.3 is 9.64 Å². The van der Waals surface area contributed by atoms with Crippen LogP contribution in [-0.2, 0) is 15.1 Å². The Balaban J connectivity index is 1.49. The van der Waals surface area contributed by atoms with Crippen LogP contribution >= 0.6 is 23.2 Å². The summed E-state index contributed by atoms with van der Waals surface area (Å²) in [6, 6.07) is 18.9. The molecule has 2 aliphatic rings. The maximum Gasteiger partial charge on any atom is 0.219 e. The van der Waals surface area contributed by atoms with Gasteiger partial charge in [0.1, 0.15) is 17.2 Å². The second kappa shape index (κ2) is 10.1. The van der Waals surface area contributed by atoms with Crippen molar-refractivity contribution in [3.63, 3.8) is 0 Å². The van der Waals surface area contributed by atoms with E-state index in [0.29, 0.717) is 41.8 Å². The molecule has 36 heavy (non-hydrogen) atoms. The molecule has 0 aromatic heterocycles. The van der Waals surface area contributed by atoms with Crippen molar-refractivity contribution in [1.82, 2.24) is 9.80 Å². The van der Waals surface area contributed by atoms with E-state index in [2.05, 4.69) is 4.90 Å². The van der Waals surface area contributed by atoms with Gasteiger partial charge in [0.15, 0.2) is 0 Å². The van der Waals surface area contributed by atoms with E-state index in [-0.39, 0.29) is 24.4 Å². The lowest BCUT2D eigenvalue weighted by molar-refractivity contribution is -0.187. The zero-order valence-electron chi connectivity index (χ0n) is 19.8. The van der Waals surface area contributed by atoms with Crippen LogP contribution in [0.4, 0.5) is 8.78 Å². The van der Waals surface area contributed by atoms with E-state index < -0.39 is 17.2 Å². The van der Waals surface area contributed by atoms with Crippen LogP contribution in [0.15, 0.2) is 66.7 Å². The molecule has 2 heterocycles. The molecule has 0 saturated carbocycles. The zero-order chi connectivity index (χ0) is 25.4. The summed E-state index contributed by atoms with van der Waals surface area (Å²) in [5, 5.41) is 1.31. The zero-order valence-corrected chi connectivity index (χ0v) is 21.3. The lowest BCUT2D eigenvalue weighted by Gasteiger charge is -2.55. The number of hydrogen-bond acceptors (Lipinski definition) is 3. The number of carbonyl (C=O) groups excluding carboxylic acids is 1. The number of ether oxygens (including phenoxy) is 1. The fourth-order valence-corrected chi connectivity index (χ4v) is 5.65. The monoisotopic (exact) mass is 530 g/mol. The highest BCUT2D eigenvalue weighted by Crippen LogP contribution is 2.46. The van der Waals surface area contributed by atoms with Crippen LogP contribution in [0, 0.1) is 17.6 Å². The van der Waals surface area contributed by atoms with Crippen molar-refractivity contribution < 1.29 is 18.3 Å². The topological polar surface area (TPSA) is 32.8 Å². The van der Waals surface area contributed by atoms with Gasteiger partial charge in [-0.15, -0.1) is 0 Å². The van der Waals surface area contributed by atoms with Crippen molar-refractivity contribution in [2.45, 2.75) is 18.6 Å². The van der Waals surface area contributed by atoms with Gasteiger partial charge in [0, 0.05) is 48.6 Å².